The predicted octanol–water partition coefficient (Wildman–Crippen LogP) is 0.523. The third-order valence-corrected chi connectivity index (χ3v) is 2.08. The number of carbonyl (C=O) groups is 1. The van der Waals surface area contributed by atoms with Crippen LogP contribution in [0.5, 0.6) is 0 Å². The Morgan fingerprint density at radius 3 is 2.50 bits per heavy atom. The third-order valence-electron chi connectivity index (χ3n) is 1.17. The maximum Gasteiger partial charge on any atom is 0.336 e. The molecule has 0 radical (unpaired) electrons. The van der Waals surface area contributed by atoms with Gasteiger partial charge in [-0.05, 0) is 13.3 Å². The molecule has 0 N–H and O–H groups in total. The molecular weight excluding hydrogens is 232 g/mol. The van der Waals surface area contributed by atoms with Gasteiger partial charge in [-0.2, -0.15) is 8.42 Å². The van der Waals surface area contributed by atoms with Gasteiger partial charge < -0.3 is 4.74 Å². The van der Waals surface area contributed by atoms with E-state index < -0.39 is 22.2 Å². The van der Waals surface area contributed by atoms with Crippen LogP contribution in [0.2, 0.25) is 0 Å². The quantitative estimate of drug-likeness (QED) is 0.295. The molecule has 0 saturated heterocycles. The average Bonchev–Trinajstić information content (AvgIpc) is 2.01. The van der Waals surface area contributed by atoms with Gasteiger partial charge >= 0.3 is 5.97 Å². The molecule has 0 spiro atoms. The molecule has 0 heterocycles. The SMILES string of the molecule is CC(OS(C)(=O)=O)C(=O)OCCCCl. The fourth-order valence-corrected chi connectivity index (χ4v) is 1.36. The first-order valence-corrected chi connectivity index (χ1v) is 6.33. The van der Waals surface area contributed by atoms with Crippen LogP contribution < -0.4 is 0 Å². The van der Waals surface area contributed by atoms with Crippen molar-refractivity contribution < 1.29 is 22.1 Å². The minimum atomic E-state index is -3.63. The van der Waals surface area contributed by atoms with Crippen LogP contribution in [0.4, 0.5) is 0 Å². The summed E-state index contributed by atoms with van der Waals surface area (Å²) in [5.41, 5.74) is 0. The Kier molecular flexibility index (Phi) is 6.06. The number of halogens is 1. The predicted molar refractivity (Wildman–Crippen MR) is 51.7 cm³/mol. The highest BCUT2D eigenvalue weighted by molar-refractivity contribution is 7.86. The largest absolute Gasteiger partial charge is 0.464 e. The Morgan fingerprint density at radius 1 is 1.50 bits per heavy atom. The second-order valence-electron chi connectivity index (χ2n) is 2.65. The number of alkyl halides is 1. The fraction of sp³-hybridized carbons (Fsp3) is 0.857. The standard InChI is InChI=1S/C7H13ClO5S/c1-6(13-14(2,10)11)7(9)12-5-3-4-8/h6H,3-5H2,1-2H3. The summed E-state index contributed by atoms with van der Waals surface area (Å²) < 4.78 is 30.3. The normalized spacial score (nSPS) is 13.6. The van der Waals surface area contributed by atoms with E-state index in [-0.39, 0.29) is 6.61 Å². The van der Waals surface area contributed by atoms with Crippen LogP contribution >= 0.6 is 11.6 Å². The maximum atomic E-state index is 11.0. The van der Waals surface area contributed by atoms with Gasteiger partial charge in [0.15, 0.2) is 6.10 Å². The lowest BCUT2D eigenvalue weighted by molar-refractivity contribution is -0.150. The van der Waals surface area contributed by atoms with Crippen LogP contribution in [0.15, 0.2) is 0 Å². The zero-order chi connectivity index (χ0) is 11.2. The van der Waals surface area contributed by atoms with Crippen molar-refractivity contribution in [1.82, 2.24) is 0 Å². The minimum Gasteiger partial charge on any atom is -0.464 e. The van der Waals surface area contributed by atoms with Gasteiger partial charge in [0.25, 0.3) is 10.1 Å². The summed E-state index contributed by atoms with van der Waals surface area (Å²) in [6.07, 6.45) is 0.286. The summed E-state index contributed by atoms with van der Waals surface area (Å²) in [7, 11) is -3.63. The first kappa shape index (κ1) is 13.7. The summed E-state index contributed by atoms with van der Waals surface area (Å²) in [5, 5.41) is 0. The third kappa shape index (κ3) is 7.11. The Morgan fingerprint density at radius 2 is 2.07 bits per heavy atom. The first-order valence-electron chi connectivity index (χ1n) is 3.97. The zero-order valence-corrected chi connectivity index (χ0v) is 9.60. The molecule has 14 heavy (non-hydrogen) atoms. The number of rotatable bonds is 6. The number of ether oxygens (including phenoxy) is 1. The molecule has 0 fully saturated rings. The molecular formula is C7H13ClO5S. The topological polar surface area (TPSA) is 69.7 Å². The summed E-state index contributed by atoms with van der Waals surface area (Å²) in [5.74, 6) is -0.324. The second kappa shape index (κ2) is 6.21. The number of esters is 1. The monoisotopic (exact) mass is 244 g/mol. The molecule has 0 bridgehead atoms. The lowest BCUT2D eigenvalue weighted by atomic mass is 10.4. The molecule has 84 valence electrons. The summed E-state index contributed by atoms with van der Waals surface area (Å²) in [6.45, 7) is 1.48. The fourth-order valence-electron chi connectivity index (χ4n) is 0.646. The van der Waals surface area contributed by atoms with Crippen molar-refractivity contribution in [1.29, 1.82) is 0 Å². The van der Waals surface area contributed by atoms with Gasteiger partial charge in [0, 0.05) is 5.88 Å². The molecule has 0 amide bonds. The molecule has 0 aromatic carbocycles. The molecule has 5 nitrogen and oxygen atoms in total. The van der Waals surface area contributed by atoms with Crippen LogP contribution in [0, 0.1) is 0 Å². The second-order valence-corrected chi connectivity index (χ2v) is 4.63. The number of hydrogen-bond acceptors (Lipinski definition) is 5. The minimum absolute atomic E-state index is 0.166. The van der Waals surface area contributed by atoms with E-state index in [2.05, 4.69) is 8.92 Å². The van der Waals surface area contributed by atoms with Crippen LogP contribution in [-0.2, 0) is 23.8 Å². The van der Waals surface area contributed by atoms with Crippen LogP contribution in [-0.4, -0.2) is 39.2 Å². The molecule has 7 heteroatoms. The smallest absolute Gasteiger partial charge is 0.336 e. The van der Waals surface area contributed by atoms with E-state index in [4.69, 9.17) is 11.6 Å². The van der Waals surface area contributed by atoms with Gasteiger partial charge in [-0.15, -0.1) is 11.6 Å². The first-order chi connectivity index (χ1) is 6.37. The van der Waals surface area contributed by atoms with Gasteiger partial charge in [0.2, 0.25) is 0 Å². The Labute approximate surface area is 88.5 Å². The molecule has 0 aliphatic heterocycles. The van der Waals surface area contributed by atoms with Crippen molar-refractivity contribution in [3.05, 3.63) is 0 Å². The summed E-state index contributed by atoms with van der Waals surface area (Å²) in [4.78, 5) is 11.0. The van der Waals surface area contributed by atoms with Crippen LogP contribution in [0.25, 0.3) is 0 Å². The van der Waals surface area contributed by atoms with E-state index in [0.717, 1.165) is 6.26 Å². The lowest BCUT2D eigenvalue weighted by Gasteiger charge is -2.10. The van der Waals surface area contributed by atoms with E-state index in [0.29, 0.717) is 12.3 Å². The molecule has 0 aliphatic rings. The molecule has 0 aliphatic carbocycles. The van der Waals surface area contributed by atoms with E-state index in [1.54, 1.807) is 0 Å². The van der Waals surface area contributed by atoms with Crippen molar-refractivity contribution in [3.8, 4) is 0 Å². The van der Waals surface area contributed by atoms with Crippen molar-refractivity contribution in [3.63, 3.8) is 0 Å². The molecule has 0 saturated carbocycles. The van der Waals surface area contributed by atoms with Gasteiger partial charge in [-0.3, -0.25) is 4.18 Å². The Hall–Kier alpha value is -0.330. The Balaban J connectivity index is 3.88. The molecule has 1 unspecified atom stereocenters. The highest BCUT2D eigenvalue weighted by atomic mass is 35.5. The summed E-state index contributed by atoms with van der Waals surface area (Å²) in [6, 6.07) is 0. The van der Waals surface area contributed by atoms with Crippen LogP contribution in [0.1, 0.15) is 13.3 Å². The van der Waals surface area contributed by atoms with E-state index in [9.17, 15) is 13.2 Å². The van der Waals surface area contributed by atoms with Crippen molar-refractivity contribution in [2.45, 2.75) is 19.4 Å². The van der Waals surface area contributed by atoms with Gasteiger partial charge in [0.05, 0.1) is 12.9 Å². The Bertz CT molecular complexity index is 274. The lowest BCUT2D eigenvalue weighted by Crippen LogP contribution is -2.26. The molecule has 0 aromatic heterocycles. The van der Waals surface area contributed by atoms with E-state index >= 15 is 0 Å². The van der Waals surface area contributed by atoms with Gasteiger partial charge in [-0.1, -0.05) is 0 Å². The highest BCUT2D eigenvalue weighted by Gasteiger charge is 2.19. The highest BCUT2D eigenvalue weighted by Crippen LogP contribution is 2.00. The molecule has 1 atom stereocenters. The summed E-state index contributed by atoms with van der Waals surface area (Å²) >= 11 is 5.35. The van der Waals surface area contributed by atoms with Crippen molar-refractivity contribution >= 4 is 27.7 Å². The van der Waals surface area contributed by atoms with E-state index in [1.807, 2.05) is 0 Å². The number of carbonyl (C=O) groups excluding carboxylic acids is 1. The van der Waals surface area contributed by atoms with Gasteiger partial charge in [0.1, 0.15) is 0 Å². The zero-order valence-electron chi connectivity index (χ0n) is 8.03. The van der Waals surface area contributed by atoms with Crippen LogP contribution in [0.3, 0.4) is 0 Å². The molecule has 0 rings (SSSR count). The van der Waals surface area contributed by atoms with Crippen molar-refractivity contribution in [2.24, 2.45) is 0 Å². The maximum absolute atomic E-state index is 11.0. The van der Waals surface area contributed by atoms with Gasteiger partial charge in [-0.25, -0.2) is 4.79 Å². The van der Waals surface area contributed by atoms with E-state index in [1.165, 1.54) is 6.92 Å². The van der Waals surface area contributed by atoms with Crippen molar-refractivity contribution in [2.75, 3.05) is 18.7 Å². The number of hydrogen-bond donors (Lipinski definition) is 0. The average molecular weight is 245 g/mol. The molecule has 0 aromatic rings.